The molecule has 2 N–H and O–H groups in total. The van der Waals surface area contributed by atoms with E-state index in [1.54, 1.807) is 0 Å². The maximum atomic E-state index is 11.6. The fourth-order valence-electron chi connectivity index (χ4n) is 1.60. The van der Waals surface area contributed by atoms with Gasteiger partial charge in [0, 0.05) is 12.0 Å². The second-order valence-electron chi connectivity index (χ2n) is 5.17. The van der Waals surface area contributed by atoms with Gasteiger partial charge in [0.1, 0.15) is 0 Å². The molecule has 0 aromatic rings. The first-order valence-electron chi connectivity index (χ1n) is 5.49. The van der Waals surface area contributed by atoms with E-state index < -0.39 is 0 Å². The van der Waals surface area contributed by atoms with Crippen molar-refractivity contribution in [3.05, 3.63) is 0 Å². The van der Waals surface area contributed by atoms with Crippen LogP contribution >= 0.6 is 0 Å². The number of nitrogens with one attached hydrogen (secondary N) is 2. The third kappa shape index (κ3) is 3.66. The van der Waals surface area contributed by atoms with Crippen molar-refractivity contribution in [2.45, 2.75) is 33.6 Å². The lowest BCUT2D eigenvalue weighted by Gasteiger charge is -2.25. The monoisotopic (exact) mass is 198 g/mol. The van der Waals surface area contributed by atoms with Gasteiger partial charge in [0.05, 0.1) is 0 Å². The summed E-state index contributed by atoms with van der Waals surface area (Å²) in [6.07, 6.45) is 2.47. The second kappa shape index (κ2) is 4.78. The smallest absolute Gasteiger partial charge is 0.225 e. The predicted octanol–water partition coefficient (Wildman–Crippen LogP) is 1.15. The predicted molar refractivity (Wildman–Crippen MR) is 58.1 cm³/mol. The first kappa shape index (κ1) is 11.5. The number of carbonyl (C=O) groups is 1. The Balaban J connectivity index is 2.22. The highest BCUT2D eigenvalue weighted by atomic mass is 16.2. The lowest BCUT2D eigenvalue weighted by Crippen LogP contribution is -2.41. The van der Waals surface area contributed by atoms with E-state index >= 15 is 0 Å². The zero-order valence-corrected chi connectivity index (χ0v) is 9.52. The van der Waals surface area contributed by atoms with E-state index in [1.165, 1.54) is 12.8 Å². The van der Waals surface area contributed by atoms with Crippen molar-refractivity contribution >= 4 is 5.91 Å². The Morgan fingerprint density at radius 2 is 2.21 bits per heavy atom. The highest BCUT2D eigenvalue weighted by Gasteiger charge is 2.22. The van der Waals surface area contributed by atoms with E-state index in [4.69, 9.17) is 0 Å². The van der Waals surface area contributed by atoms with Crippen LogP contribution in [0.25, 0.3) is 0 Å². The van der Waals surface area contributed by atoms with Crippen LogP contribution in [0.4, 0.5) is 0 Å². The van der Waals surface area contributed by atoms with Gasteiger partial charge in [0.15, 0.2) is 0 Å². The largest absolute Gasteiger partial charge is 0.355 e. The normalized spacial score (nSPS) is 23.2. The van der Waals surface area contributed by atoms with Crippen LogP contribution in [0.15, 0.2) is 0 Å². The Labute approximate surface area is 86.6 Å². The number of hydrogen-bond acceptors (Lipinski definition) is 2. The highest BCUT2D eigenvalue weighted by Crippen LogP contribution is 2.14. The summed E-state index contributed by atoms with van der Waals surface area (Å²) < 4.78 is 0. The van der Waals surface area contributed by atoms with Crippen LogP contribution < -0.4 is 10.6 Å². The maximum absolute atomic E-state index is 11.6. The minimum atomic E-state index is -0.262. The summed E-state index contributed by atoms with van der Waals surface area (Å²) in [5.74, 6) is 0.776. The molecule has 1 amide bonds. The maximum Gasteiger partial charge on any atom is 0.225 e. The van der Waals surface area contributed by atoms with Gasteiger partial charge in [0.25, 0.3) is 0 Å². The van der Waals surface area contributed by atoms with Crippen molar-refractivity contribution in [2.24, 2.45) is 11.3 Å². The minimum Gasteiger partial charge on any atom is -0.355 e. The Hall–Kier alpha value is -0.570. The van der Waals surface area contributed by atoms with Crippen molar-refractivity contribution in [1.29, 1.82) is 0 Å². The molecule has 0 bridgehead atoms. The average Bonchev–Trinajstić information content (AvgIpc) is 2.14. The Bertz CT molecular complexity index is 190. The van der Waals surface area contributed by atoms with Crippen LogP contribution in [0, 0.1) is 11.3 Å². The fraction of sp³-hybridized carbons (Fsp3) is 0.909. The molecule has 1 heterocycles. The summed E-state index contributed by atoms with van der Waals surface area (Å²) in [6.45, 7) is 8.83. The molecule has 1 aliphatic heterocycles. The van der Waals surface area contributed by atoms with Gasteiger partial charge in [-0.25, -0.2) is 0 Å². The van der Waals surface area contributed by atoms with Crippen molar-refractivity contribution in [3.63, 3.8) is 0 Å². The molecular weight excluding hydrogens is 176 g/mol. The van der Waals surface area contributed by atoms with E-state index in [0.717, 1.165) is 19.6 Å². The summed E-state index contributed by atoms with van der Waals surface area (Å²) in [4.78, 5) is 11.6. The van der Waals surface area contributed by atoms with Crippen LogP contribution in [0.1, 0.15) is 33.6 Å². The first-order valence-corrected chi connectivity index (χ1v) is 5.49. The Morgan fingerprint density at radius 3 is 2.71 bits per heavy atom. The van der Waals surface area contributed by atoms with Gasteiger partial charge >= 0.3 is 0 Å². The molecule has 3 heteroatoms. The van der Waals surface area contributed by atoms with Gasteiger partial charge in [-0.2, -0.15) is 0 Å². The number of amides is 1. The molecule has 14 heavy (non-hydrogen) atoms. The van der Waals surface area contributed by atoms with Crippen molar-refractivity contribution < 1.29 is 4.79 Å². The topological polar surface area (TPSA) is 41.1 Å². The van der Waals surface area contributed by atoms with Crippen LogP contribution in [0.2, 0.25) is 0 Å². The van der Waals surface area contributed by atoms with Crippen molar-refractivity contribution in [3.8, 4) is 0 Å². The summed E-state index contributed by atoms with van der Waals surface area (Å²) in [7, 11) is 0. The second-order valence-corrected chi connectivity index (χ2v) is 5.17. The SMILES string of the molecule is CC(C)(C)C(=O)NCC1CCCNC1. The Kier molecular flexibility index (Phi) is 3.93. The number of piperidine rings is 1. The highest BCUT2D eigenvalue weighted by molar-refractivity contribution is 5.81. The molecule has 3 nitrogen and oxygen atoms in total. The van der Waals surface area contributed by atoms with E-state index in [9.17, 15) is 4.79 Å². The van der Waals surface area contributed by atoms with Crippen LogP contribution in [-0.2, 0) is 4.79 Å². The molecule has 1 fully saturated rings. The summed E-state index contributed by atoms with van der Waals surface area (Å²) in [5, 5.41) is 6.36. The van der Waals surface area contributed by atoms with Gasteiger partial charge < -0.3 is 10.6 Å². The van der Waals surface area contributed by atoms with Gasteiger partial charge in [-0.3, -0.25) is 4.79 Å². The molecule has 1 saturated heterocycles. The van der Waals surface area contributed by atoms with Crippen molar-refractivity contribution in [1.82, 2.24) is 10.6 Å². The summed E-state index contributed by atoms with van der Waals surface area (Å²) in [6, 6.07) is 0. The molecule has 0 saturated carbocycles. The molecule has 1 aliphatic rings. The fourth-order valence-corrected chi connectivity index (χ4v) is 1.60. The number of carbonyl (C=O) groups excluding carboxylic acids is 1. The van der Waals surface area contributed by atoms with Gasteiger partial charge in [-0.1, -0.05) is 20.8 Å². The van der Waals surface area contributed by atoms with Gasteiger partial charge in [0.2, 0.25) is 5.91 Å². The summed E-state index contributed by atoms with van der Waals surface area (Å²) in [5.41, 5.74) is -0.262. The molecule has 0 aliphatic carbocycles. The quantitative estimate of drug-likeness (QED) is 0.699. The van der Waals surface area contributed by atoms with Crippen LogP contribution in [0.5, 0.6) is 0 Å². The third-order valence-corrected chi connectivity index (χ3v) is 2.63. The molecule has 1 atom stereocenters. The third-order valence-electron chi connectivity index (χ3n) is 2.63. The minimum absolute atomic E-state index is 0.156. The van der Waals surface area contributed by atoms with Crippen molar-refractivity contribution in [2.75, 3.05) is 19.6 Å². The van der Waals surface area contributed by atoms with Crippen LogP contribution in [0.3, 0.4) is 0 Å². The first-order chi connectivity index (χ1) is 6.50. The molecule has 0 spiro atoms. The molecule has 1 unspecified atom stereocenters. The number of hydrogen-bond donors (Lipinski definition) is 2. The lowest BCUT2D eigenvalue weighted by atomic mass is 9.94. The lowest BCUT2D eigenvalue weighted by molar-refractivity contribution is -0.128. The van der Waals surface area contributed by atoms with Crippen LogP contribution in [-0.4, -0.2) is 25.5 Å². The molecule has 1 rings (SSSR count). The molecule has 82 valence electrons. The number of rotatable bonds is 2. The zero-order chi connectivity index (χ0) is 10.6. The van der Waals surface area contributed by atoms with E-state index in [2.05, 4.69) is 10.6 Å². The Morgan fingerprint density at radius 1 is 1.50 bits per heavy atom. The average molecular weight is 198 g/mol. The molecular formula is C11H22N2O. The molecule has 0 aromatic heterocycles. The summed E-state index contributed by atoms with van der Waals surface area (Å²) >= 11 is 0. The van der Waals surface area contributed by atoms with E-state index in [1.807, 2.05) is 20.8 Å². The van der Waals surface area contributed by atoms with Gasteiger partial charge in [-0.15, -0.1) is 0 Å². The van der Waals surface area contributed by atoms with E-state index in [-0.39, 0.29) is 11.3 Å². The molecule has 0 radical (unpaired) electrons. The standard InChI is InChI=1S/C11H22N2O/c1-11(2,3)10(14)13-8-9-5-4-6-12-7-9/h9,12H,4-8H2,1-3H3,(H,13,14). The van der Waals surface area contributed by atoms with Gasteiger partial charge in [-0.05, 0) is 31.8 Å². The molecule has 0 aromatic carbocycles. The van der Waals surface area contributed by atoms with E-state index in [0.29, 0.717) is 5.92 Å². The zero-order valence-electron chi connectivity index (χ0n) is 9.52.